The van der Waals surface area contributed by atoms with Gasteiger partial charge < -0.3 is 16.2 Å². The first kappa shape index (κ1) is 13.2. The van der Waals surface area contributed by atoms with Crippen molar-refractivity contribution in [3.8, 4) is 0 Å². The predicted octanol–water partition coefficient (Wildman–Crippen LogP) is 1.80. The van der Waals surface area contributed by atoms with Crippen LogP contribution < -0.4 is 11.1 Å². The number of rotatable bonds is 5. The quantitative estimate of drug-likeness (QED) is 0.595. The number of hydrogen-bond donors (Lipinski definition) is 3. The molecule has 0 aromatic rings. The summed E-state index contributed by atoms with van der Waals surface area (Å²) in [4.78, 5) is 10.6. The Balaban J connectivity index is 4.05. The van der Waals surface area contributed by atoms with Crippen LogP contribution in [0, 0.1) is 5.41 Å². The van der Waals surface area contributed by atoms with Crippen molar-refractivity contribution in [2.24, 2.45) is 11.1 Å². The smallest absolute Gasteiger partial charge is 0.404 e. The molecule has 4 heteroatoms. The number of nitrogens with two attached hydrogens (primary N) is 1. The van der Waals surface area contributed by atoms with Gasteiger partial charge in [0.25, 0.3) is 0 Å². The van der Waals surface area contributed by atoms with Crippen LogP contribution in [0.2, 0.25) is 0 Å². The highest BCUT2D eigenvalue weighted by Gasteiger charge is 2.25. The average Bonchev–Trinajstić information content (AvgIpc) is 2.00. The Hall–Kier alpha value is -0.770. The molecule has 84 valence electrons. The highest BCUT2D eigenvalue weighted by atomic mass is 16.4. The van der Waals surface area contributed by atoms with E-state index in [1.54, 1.807) is 0 Å². The van der Waals surface area contributed by atoms with Crippen molar-refractivity contribution in [2.75, 3.05) is 6.54 Å². The molecule has 1 amide bonds. The second-order valence-corrected chi connectivity index (χ2v) is 4.65. The van der Waals surface area contributed by atoms with E-state index in [0.717, 1.165) is 19.3 Å². The van der Waals surface area contributed by atoms with Gasteiger partial charge in [0.2, 0.25) is 0 Å². The highest BCUT2D eigenvalue weighted by molar-refractivity contribution is 5.64. The van der Waals surface area contributed by atoms with Crippen molar-refractivity contribution in [3.05, 3.63) is 0 Å². The molecule has 0 fully saturated rings. The Morgan fingerprint density at radius 2 is 2.00 bits per heavy atom. The summed E-state index contributed by atoms with van der Waals surface area (Å²) >= 11 is 0. The van der Waals surface area contributed by atoms with Crippen molar-refractivity contribution in [1.29, 1.82) is 0 Å². The first-order valence-corrected chi connectivity index (χ1v) is 5.07. The summed E-state index contributed by atoms with van der Waals surface area (Å²) < 4.78 is 0. The van der Waals surface area contributed by atoms with Gasteiger partial charge in [-0.25, -0.2) is 4.79 Å². The molecular weight excluding hydrogens is 180 g/mol. The van der Waals surface area contributed by atoms with Crippen LogP contribution >= 0.6 is 0 Å². The van der Waals surface area contributed by atoms with E-state index in [2.05, 4.69) is 5.32 Å². The van der Waals surface area contributed by atoms with Gasteiger partial charge in [-0.2, -0.15) is 0 Å². The zero-order chi connectivity index (χ0) is 11.2. The molecule has 0 aromatic heterocycles. The largest absolute Gasteiger partial charge is 0.465 e. The third kappa shape index (κ3) is 5.80. The fourth-order valence-electron chi connectivity index (χ4n) is 1.36. The van der Waals surface area contributed by atoms with E-state index >= 15 is 0 Å². The number of carbonyl (C=O) groups is 1. The van der Waals surface area contributed by atoms with Crippen molar-refractivity contribution in [3.63, 3.8) is 0 Å². The molecule has 0 saturated carbocycles. The van der Waals surface area contributed by atoms with E-state index in [1.165, 1.54) is 0 Å². The molecule has 0 radical (unpaired) electrons. The molecule has 0 aromatic carbocycles. The molecule has 14 heavy (non-hydrogen) atoms. The van der Waals surface area contributed by atoms with Crippen LogP contribution in [0.1, 0.15) is 40.0 Å². The Morgan fingerprint density at radius 3 is 2.36 bits per heavy atom. The molecule has 0 aliphatic carbocycles. The Labute approximate surface area is 85.9 Å². The van der Waals surface area contributed by atoms with E-state index in [1.807, 2.05) is 20.8 Å². The van der Waals surface area contributed by atoms with Gasteiger partial charge in [-0.05, 0) is 24.8 Å². The minimum absolute atomic E-state index is 0.00606. The van der Waals surface area contributed by atoms with Crippen LogP contribution in [-0.2, 0) is 0 Å². The number of unbranched alkanes of at least 4 members (excludes halogenated alkanes) is 1. The maximum atomic E-state index is 10.6. The van der Waals surface area contributed by atoms with Crippen LogP contribution in [0.25, 0.3) is 0 Å². The summed E-state index contributed by atoms with van der Waals surface area (Å²) in [6.07, 6.45) is 1.83. The van der Waals surface area contributed by atoms with Crippen molar-refractivity contribution in [1.82, 2.24) is 5.32 Å². The third-order valence-corrected chi connectivity index (χ3v) is 2.29. The maximum absolute atomic E-state index is 10.6. The van der Waals surface area contributed by atoms with Gasteiger partial charge in [0, 0.05) is 6.04 Å². The molecule has 0 spiro atoms. The second-order valence-electron chi connectivity index (χ2n) is 4.65. The molecule has 0 aliphatic rings. The summed E-state index contributed by atoms with van der Waals surface area (Å²) in [6.45, 7) is 6.78. The van der Waals surface area contributed by atoms with Crippen LogP contribution in [0.5, 0.6) is 0 Å². The lowest BCUT2D eigenvalue weighted by atomic mass is 9.84. The van der Waals surface area contributed by atoms with Crippen molar-refractivity contribution >= 4 is 6.09 Å². The predicted molar refractivity (Wildman–Crippen MR) is 57.3 cm³/mol. The van der Waals surface area contributed by atoms with Gasteiger partial charge in [0.05, 0.1) is 0 Å². The summed E-state index contributed by atoms with van der Waals surface area (Å²) in [5.41, 5.74) is 5.35. The molecular formula is C10H22N2O2. The normalized spacial score (nSPS) is 13.7. The van der Waals surface area contributed by atoms with Crippen molar-refractivity contribution < 1.29 is 9.90 Å². The minimum atomic E-state index is -0.947. The lowest BCUT2D eigenvalue weighted by molar-refractivity contribution is 0.171. The van der Waals surface area contributed by atoms with E-state index in [9.17, 15) is 4.79 Å². The van der Waals surface area contributed by atoms with Gasteiger partial charge in [0.15, 0.2) is 0 Å². The Morgan fingerprint density at radius 1 is 1.43 bits per heavy atom. The summed E-state index contributed by atoms with van der Waals surface area (Å²) in [5, 5.41) is 11.2. The lowest BCUT2D eigenvalue weighted by Gasteiger charge is -2.30. The third-order valence-electron chi connectivity index (χ3n) is 2.29. The fourth-order valence-corrected chi connectivity index (χ4v) is 1.36. The molecule has 0 heterocycles. The van der Waals surface area contributed by atoms with E-state index in [-0.39, 0.29) is 11.5 Å². The number of nitrogens with one attached hydrogen (secondary N) is 1. The Bertz CT molecular complexity index is 175. The second kappa shape index (κ2) is 5.86. The van der Waals surface area contributed by atoms with E-state index < -0.39 is 6.09 Å². The molecule has 0 aliphatic heterocycles. The van der Waals surface area contributed by atoms with E-state index in [0.29, 0.717) is 6.54 Å². The first-order chi connectivity index (χ1) is 6.38. The fraction of sp³-hybridized carbons (Fsp3) is 0.900. The zero-order valence-electron chi connectivity index (χ0n) is 9.34. The molecule has 4 N–H and O–H groups in total. The standard InChI is InChI=1S/C10H22N2O2/c1-10(2,3)8(12-9(13)14)6-4-5-7-11/h8,12H,4-7,11H2,1-3H3,(H,13,14). The van der Waals surface area contributed by atoms with Gasteiger partial charge in [-0.15, -0.1) is 0 Å². The number of amides is 1. The van der Waals surface area contributed by atoms with Crippen LogP contribution in [0.15, 0.2) is 0 Å². The van der Waals surface area contributed by atoms with Crippen LogP contribution in [-0.4, -0.2) is 23.8 Å². The van der Waals surface area contributed by atoms with Gasteiger partial charge >= 0.3 is 6.09 Å². The monoisotopic (exact) mass is 202 g/mol. The number of hydrogen-bond acceptors (Lipinski definition) is 2. The van der Waals surface area contributed by atoms with Crippen LogP contribution in [0.4, 0.5) is 4.79 Å². The molecule has 0 rings (SSSR count). The lowest BCUT2D eigenvalue weighted by Crippen LogP contribution is -2.43. The molecule has 0 bridgehead atoms. The van der Waals surface area contributed by atoms with Crippen LogP contribution in [0.3, 0.4) is 0 Å². The van der Waals surface area contributed by atoms with Crippen molar-refractivity contribution in [2.45, 2.75) is 46.1 Å². The van der Waals surface area contributed by atoms with E-state index in [4.69, 9.17) is 10.8 Å². The SMILES string of the molecule is CC(C)(C)C(CCCCN)NC(=O)O. The van der Waals surface area contributed by atoms with Gasteiger partial charge in [-0.3, -0.25) is 0 Å². The first-order valence-electron chi connectivity index (χ1n) is 5.07. The highest BCUT2D eigenvalue weighted by Crippen LogP contribution is 2.23. The van der Waals surface area contributed by atoms with Gasteiger partial charge in [0.1, 0.15) is 0 Å². The molecule has 1 unspecified atom stereocenters. The summed E-state index contributed by atoms with van der Waals surface area (Å²) in [6, 6.07) is 0.00606. The van der Waals surface area contributed by atoms with Gasteiger partial charge in [-0.1, -0.05) is 27.2 Å². The molecule has 4 nitrogen and oxygen atoms in total. The molecule has 0 saturated heterocycles. The minimum Gasteiger partial charge on any atom is -0.465 e. The Kier molecular flexibility index (Phi) is 5.53. The molecule has 1 atom stereocenters. The zero-order valence-corrected chi connectivity index (χ0v) is 9.34. The maximum Gasteiger partial charge on any atom is 0.404 e. The summed E-state index contributed by atoms with van der Waals surface area (Å²) in [7, 11) is 0. The number of carboxylic acid groups (broad SMARTS) is 1. The topological polar surface area (TPSA) is 75.3 Å². The average molecular weight is 202 g/mol. The summed E-state index contributed by atoms with van der Waals surface area (Å²) in [5.74, 6) is 0.